The molecule has 1 saturated carbocycles. The number of halogens is 1. The summed E-state index contributed by atoms with van der Waals surface area (Å²) in [7, 11) is 0. The van der Waals surface area contributed by atoms with E-state index >= 15 is 0 Å². The number of aliphatic hydroxyl groups excluding tert-OH is 1. The van der Waals surface area contributed by atoms with Crippen molar-refractivity contribution in [2.45, 2.75) is 31.5 Å². The van der Waals surface area contributed by atoms with Crippen molar-refractivity contribution in [3.05, 3.63) is 52.5 Å². The lowest BCUT2D eigenvalue weighted by Crippen LogP contribution is -2.36. The maximum absolute atomic E-state index is 13.5. The van der Waals surface area contributed by atoms with Crippen LogP contribution in [-0.2, 0) is 6.54 Å². The Labute approximate surface area is 134 Å². The molecule has 22 heavy (non-hydrogen) atoms. The molecule has 1 heterocycles. The Balaban J connectivity index is 1.51. The van der Waals surface area contributed by atoms with Gasteiger partial charge >= 0.3 is 0 Å². The fourth-order valence-corrected chi connectivity index (χ4v) is 3.19. The molecule has 5 heteroatoms. The number of aliphatic hydroxyl groups is 1. The van der Waals surface area contributed by atoms with Crippen LogP contribution in [0.15, 0.2) is 41.8 Å². The first-order chi connectivity index (χ1) is 10.7. The molecule has 2 aromatic rings. The number of rotatable bonds is 8. The highest BCUT2D eigenvalue weighted by Crippen LogP contribution is 2.29. The molecule has 1 aromatic carbocycles. The molecule has 1 N–H and O–H groups in total. The van der Waals surface area contributed by atoms with Crippen LogP contribution in [0.4, 0.5) is 4.39 Å². The molecule has 118 valence electrons. The van der Waals surface area contributed by atoms with E-state index in [1.54, 1.807) is 29.5 Å². The second-order valence-electron chi connectivity index (χ2n) is 5.64. The number of hydrogen-bond donors (Lipinski definition) is 1. The van der Waals surface area contributed by atoms with Gasteiger partial charge in [0.05, 0.1) is 0 Å². The standard InChI is InChI=1S/C17H20FNO2S/c18-16-5-1-2-6-17(16)21-12-14(20)10-19(13-7-8-13)11-15-4-3-9-22-15/h1-6,9,13-14,20H,7-8,10-12H2. The van der Waals surface area contributed by atoms with Gasteiger partial charge in [-0.3, -0.25) is 4.90 Å². The number of benzene rings is 1. The molecule has 0 saturated heterocycles. The van der Waals surface area contributed by atoms with Crippen molar-refractivity contribution in [2.75, 3.05) is 13.2 Å². The van der Waals surface area contributed by atoms with Gasteiger partial charge in [-0.1, -0.05) is 18.2 Å². The van der Waals surface area contributed by atoms with Crippen molar-refractivity contribution in [1.29, 1.82) is 0 Å². The first-order valence-corrected chi connectivity index (χ1v) is 8.42. The number of nitrogens with zero attached hydrogens (tertiary/aromatic N) is 1. The molecule has 3 rings (SSSR count). The van der Waals surface area contributed by atoms with Crippen LogP contribution in [0.2, 0.25) is 0 Å². The molecule has 1 unspecified atom stereocenters. The van der Waals surface area contributed by atoms with E-state index in [4.69, 9.17) is 4.74 Å². The summed E-state index contributed by atoms with van der Waals surface area (Å²) in [6, 6.07) is 11.0. The third kappa shape index (κ3) is 4.29. The smallest absolute Gasteiger partial charge is 0.165 e. The summed E-state index contributed by atoms with van der Waals surface area (Å²) in [5, 5.41) is 12.3. The van der Waals surface area contributed by atoms with Gasteiger partial charge in [0, 0.05) is 24.0 Å². The molecule has 3 nitrogen and oxygen atoms in total. The Hall–Kier alpha value is -1.43. The van der Waals surface area contributed by atoms with Crippen LogP contribution >= 0.6 is 11.3 Å². The normalized spacial score (nSPS) is 16.0. The molecule has 0 aliphatic heterocycles. The third-order valence-corrected chi connectivity index (χ3v) is 4.58. The van der Waals surface area contributed by atoms with Crippen molar-refractivity contribution >= 4 is 11.3 Å². The summed E-state index contributed by atoms with van der Waals surface area (Å²) in [6.07, 6.45) is 1.75. The van der Waals surface area contributed by atoms with Crippen molar-refractivity contribution in [1.82, 2.24) is 4.90 Å². The van der Waals surface area contributed by atoms with Gasteiger partial charge in [-0.25, -0.2) is 4.39 Å². The lowest BCUT2D eigenvalue weighted by atomic mass is 10.3. The zero-order valence-corrected chi connectivity index (χ0v) is 13.1. The van der Waals surface area contributed by atoms with Gasteiger partial charge in [0.15, 0.2) is 11.6 Å². The van der Waals surface area contributed by atoms with Gasteiger partial charge in [0.25, 0.3) is 0 Å². The molecule has 0 bridgehead atoms. The Morgan fingerprint density at radius 3 is 2.77 bits per heavy atom. The zero-order chi connectivity index (χ0) is 15.4. The van der Waals surface area contributed by atoms with E-state index in [9.17, 15) is 9.50 Å². The number of thiophene rings is 1. The lowest BCUT2D eigenvalue weighted by molar-refractivity contribution is 0.0617. The van der Waals surface area contributed by atoms with Crippen LogP contribution in [0, 0.1) is 5.82 Å². The third-order valence-electron chi connectivity index (χ3n) is 3.72. The monoisotopic (exact) mass is 321 g/mol. The summed E-state index contributed by atoms with van der Waals surface area (Å²) < 4.78 is 18.9. The Morgan fingerprint density at radius 2 is 2.09 bits per heavy atom. The second kappa shape index (κ2) is 7.22. The van der Waals surface area contributed by atoms with Gasteiger partial charge in [-0.05, 0) is 36.4 Å². The van der Waals surface area contributed by atoms with Crippen molar-refractivity contribution in [3.63, 3.8) is 0 Å². The summed E-state index contributed by atoms with van der Waals surface area (Å²) in [5.74, 6) is -0.204. The van der Waals surface area contributed by atoms with E-state index in [2.05, 4.69) is 16.3 Å². The van der Waals surface area contributed by atoms with Crippen LogP contribution in [0.3, 0.4) is 0 Å². The van der Waals surface area contributed by atoms with Gasteiger partial charge in [0.1, 0.15) is 12.7 Å². The molecule has 1 aromatic heterocycles. The Bertz CT molecular complexity index is 586. The highest BCUT2D eigenvalue weighted by molar-refractivity contribution is 7.09. The fourth-order valence-electron chi connectivity index (χ4n) is 2.46. The molecular weight excluding hydrogens is 301 g/mol. The first kappa shape index (κ1) is 15.5. The summed E-state index contributed by atoms with van der Waals surface area (Å²) >= 11 is 1.73. The van der Waals surface area contributed by atoms with Crippen molar-refractivity contribution in [3.8, 4) is 5.75 Å². The summed E-state index contributed by atoms with van der Waals surface area (Å²) in [5.41, 5.74) is 0. The van der Waals surface area contributed by atoms with Gasteiger partial charge in [-0.15, -0.1) is 11.3 Å². The molecular formula is C17H20FNO2S. The Morgan fingerprint density at radius 1 is 1.27 bits per heavy atom. The minimum absolute atomic E-state index is 0.106. The predicted molar refractivity (Wildman–Crippen MR) is 85.7 cm³/mol. The average molecular weight is 321 g/mol. The zero-order valence-electron chi connectivity index (χ0n) is 12.3. The van der Waals surface area contributed by atoms with E-state index in [0.717, 1.165) is 6.54 Å². The van der Waals surface area contributed by atoms with E-state index in [-0.39, 0.29) is 12.4 Å². The maximum Gasteiger partial charge on any atom is 0.165 e. The first-order valence-electron chi connectivity index (χ1n) is 7.54. The Kier molecular flexibility index (Phi) is 5.08. The van der Waals surface area contributed by atoms with Crippen molar-refractivity contribution < 1.29 is 14.2 Å². The molecule has 1 aliphatic carbocycles. The molecule has 0 radical (unpaired) electrons. The van der Waals surface area contributed by atoms with E-state index in [1.165, 1.54) is 23.8 Å². The van der Waals surface area contributed by atoms with E-state index in [1.807, 2.05) is 6.07 Å². The minimum atomic E-state index is -0.625. The number of para-hydroxylation sites is 1. The van der Waals surface area contributed by atoms with Crippen LogP contribution < -0.4 is 4.74 Å². The highest BCUT2D eigenvalue weighted by Gasteiger charge is 2.30. The summed E-state index contributed by atoms with van der Waals surface area (Å²) in [6.45, 7) is 1.52. The van der Waals surface area contributed by atoms with Crippen LogP contribution in [0.5, 0.6) is 5.75 Å². The molecule has 0 amide bonds. The SMILES string of the molecule is OC(COc1ccccc1F)CN(Cc1cccs1)C1CC1. The largest absolute Gasteiger partial charge is 0.488 e. The number of ether oxygens (including phenoxy) is 1. The number of hydrogen-bond acceptors (Lipinski definition) is 4. The molecule has 1 aliphatic rings. The highest BCUT2D eigenvalue weighted by atomic mass is 32.1. The molecule has 1 atom stereocenters. The van der Waals surface area contributed by atoms with Gasteiger partial charge < -0.3 is 9.84 Å². The minimum Gasteiger partial charge on any atom is -0.488 e. The van der Waals surface area contributed by atoms with E-state index in [0.29, 0.717) is 12.6 Å². The van der Waals surface area contributed by atoms with Gasteiger partial charge in [0.2, 0.25) is 0 Å². The second-order valence-corrected chi connectivity index (χ2v) is 6.67. The van der Waals surface area contributed by atoms with Crippen molar-refractivity contribution in [2.24, 2.45) is 0 Å². The van der Waals surface area contributed by atoms with Crippen LogP contribution in [0.1, 0.15) is 17.7 Å². The topological polar surface area (TPSA) is 32.7 Å². The quantitative estimate of drug-likeness (QED) is 0.810. The average Bonchev–Trinajstić information content (AvgIpc) is 3.24. The summed E-state index contributed by atoms with van der Waals surface area (Å²) in [4.78, 5) is 3.59. The predicted octanol–water partition coefficient (Wildman–Crippen LogP) is 3.29. The van der Waals surface area contributed by atoms with Gasteiger partial charge in [-0.2, -0.15) is 0 Å². The molecule has 1 fully saturated rings. The molecule has 0 spiro atoms. The lowest BCUT2D eigenvalue weighted by Gasteiger charge is -2.24. The van der Waals surface area contributed by atoms with Crippen LogP contribution in [-0.4, -0.2) is 35.3 Å². The fraction of sp³-hybridized carbons (Fsp3) is 0.412. The van der Waals surface area contributed by atoms with Crippen LogP contribution in [0.25, 0.3) is 0 Å². The maximum atomic E-state index is 13.5. The van der Waals surface area contributed by atoms with E-state index < -0.39 is 11.9 Å².